The summed E-state index contributed by atoms with van der Waals surface area (Å²) in [6.07, 6.45) is 1.76. The van der Waals surface area contributed by atoms with Gasteiger partial charge >= 0.3 is 0 Å². The molecule has 0 saturated carbocycles. The van der Waals surface area contributed by atoms with Gasteiger partial charge in [0.25, 0.3) is 0 Å². The summed E-state index contributed by atoms with van der Waals surface area (Å²) in [5, 5.41) is 10.4. The molecule has 0 radical (unpaired) electrons. The third-order valence-corrected chi connectivity index (χ3v) is 8.48. The number of rotatable bonds is 6. The smallest absolute Gasteiger partial charge is 0.207 e. The van der Waals surface area contributed by atoms with Gasteiger partial charge in [-0.3, -0.25) is 0 Å². The van der Waals surface area contributed by atoms with Gasteiger partial charge in [0.15, 0.2) is 0 Å². The number of piperidine rings is 1. The molecular formula is C27H26F2N2O2S. The first kappa shape index (κ1) is 24.1. The molecule has 1 heterocycles. The summed E-state index contributed by atoms with van der Waals surface area (Å²) < 4.78 is 55.3. The van der Waals surface area contributed by atoms with Crippen molar-refractivity contribution < 1.29 is 17.2 Å². The summed E-state index contributed by atoms with van der Waals surface area (Å²) in [4.78, 5) is 0.252. The average Bonchev–Trinajstić information content (AvgIpc) is 2.84. The minimum absolute atomic E-state index is 0.108. The van der Waals surface area contributed by atoms with Crippen LogP contribution in [-0.4, -0.2) is 25.8 Å². The Morgan fingerprint density at radius 1 is 0.941 bits per heavy atom. The van der Waals surface area contributed by atoms with Gasteiger partial charge in [0.1, 0.15) is 17.0 Å². The molecule has 0 aliphatic carbocycles. The Hall–Kier alpha value is -3.08. The highest BCUT2D eigenvalue weighted by molar-refractivity contribution is 7.89. The minimum atomic E-state index is -3.66. The lowest BCUT2D eigenvalue weighted by atomic mass is 9.69. The fraction of sp³-hybridized carbons (Fsp3) is 0.296. The van der Waals surface area contributed by atoms with Crippen LogP contribution in [0.15, 0.2) is 77.7 Å². The van der Waals surface area contributed by atoms with Crippen LogP contribution < -0.4 is 0 Å². The molecule has 1 unspecified atom stereocenters. The summed E-state index contributed by atoms with van der Waals surface area (Å²) in [5.41, 5.74) is 1.01. The molecule has 0 aromatic heterocycles. The van der Waals surface area contributed by atoms with E-state index in [0.29, 0.717) is 30.5 Å². The maximum Gasteiger partial charge on any atom is 0.243 e. The standard InChI is InChI=1S/C27H26F2N2O2S/c1-20-4-14-26(15-5-20)34(32,33)31-16-2-3-21(18-31)17-27(19-30,22-6-10-24(28)11-7-22)23-8-12-25(29)13-9-23/h4-15,21H,2-3,16-18H2,1H3. The second-order valence-electron chi connectivity index (χ2n) is 8.92. The molecular weight excluding hydrogens is 454 g/mol. The summed E-state index contributed by atoms with van der Waals surface area (Å²) in [6.45, 7) is 2.60. The average molecular weight is 481 g/mol. The number of sulfonamides is 1. The summed E-state index contributed by atoms with van der Waals surface area (Å²) in [6, 6.07) is 20.7. The second-order valence-corrected chi connectivity index (χ2v) is 10.9. The summed E-state index contributed by atoms with van der Waals surface area (Å²) >= 11 is 0. The van der Waals surface area contributed by atoms with Gasteiger partial charge in [-0.05, 0) is 79.6 Å². The van der Waals surface area contributed by atoms with Crippen LogP contribution in [0.5, 0.6) is 0 Å². The monoisotopic (exact) mass is 480 g/mol. The van der Waals surface area contributed by atoms with Crippen molar-refractivity contribution in [2.24, 2.45) is 5.92 Å². The zero-order chi connectivity index (χ0) is 24.3. The van der Waals surface area contributed by atoms with E-state index in [1.807, 2.05) is 6.92 Å². The number of nitrogens with zero attached hydrogens (tertiary/aromatic N) is 2. The minimum Gasteiger partial charge on any atom is -0.207 e. The molecule has 0 bridgehead atoms. The highest BCUT2D eigenvalue weighted by Crippen LogP contribution is 2.40. The zero-order valence-corrected chi connectivity index (χ0v) is 19.7. The fourth-order valence-electron chi connectivity index (χ4n) is 4.75. The number of halogens is 2. The van der Waals surface area contributed by atoms with Crippen LogP contribution in [0.4, 0.5) is 8.78 Å². The van der Waals surface area contributed by atoms with Gasteiger partial charge < -0.3 is 0 Å². The van der Waals surface area contributed by atoms with E-state index in [1.54, 1.807) is 48.5 Å². The lowest BCUT2D eigenvalue weighted by Crippen LogP contribution is -2.42. The molecule has 1 fully saturated rings. The van der Waals surface area contributed by atoms with Crippen molar-refractivity contribution in [2.75, 3.05) is 13.1 Å². The van der Waals surface area contributed by atoms with E-state index in [2.05, 4.69) is 6.07 Å². The lowest BCUT2D eigenvalue weighted by molar-refractivity contribution is 0.239. The number of hydrogen-bond donors (Lipinski definition) is 0. The van der Waals surface area contributed by atoms with Crippen LogP contribution in [0.2, 0.25) is 0 Å². The third kappa shape index (κ3) is 4.75. The maximum absolute atomic E-state index is 13.7. The van der Waals surface area contributed by atoms with Crippen molar-refractivity contribution in [3.05, 3.63) is 101 Å². The van der Waals surface area contributed by atoms with Crippen LogP contribution in [0.25, 0.3) is 0 Å². The van der Waals surface area contributed by atoms with E-state index in [4.69, 9.17) is 0 Å². The number of hydrogen-bond acceptors (Lipinski definition) is 3. The first-order valence-electron chi connectivity index (χ1n) is 11.2. The first-order valence-corrected chi connectivity index (χ1v) is 12.7. The quantitative estimate of drug-likeness (QED) is 0.463. The Kier molecular flexibility index (Phi) is 6.83. The first-order chi connectivity index (χ1) is 16.2. The van der Waals surface area contributed by atoms with Crippen LogP contribution in [0, 0.1) is 35.8 Å². The number of nitriles is 1. The van der Waals surface area contributed by atoms with E-state index in [0.717, 1.165) is 12.0 Å². The normalized spacial score (nSPS) is 17.3. The highest BCUT2D eigenvalue weighted by Gasteiger charge is 2.40. The Labute approximate surface area is 199 Å². The topological polar surface area (TPSA) is 61.2 Å². The van der Waals surface area contributed by atoms with E-state index in [9.17, 15) is 22.5 Å². The van der Waals surface area contributed by atoms with E-state index < -0.39 is 27.1 Å². The van der Waals surface area contributed by atoms with Crippen molar-refractivity contribution in [2.45, 2.75) is 36.5 Å². The molecule has 0 amide bonds. The Morgan fingerprint density at radius 3 is 1.97 bits per heavy atom. The van der Waals surface area contributed by atoms with Crippen molar-refractivity contribution in [3.8, 4) is 6.07 Å². The van der Waals surface area contributed by atoms with E-state index in [1.165, 1.54) is 28.6 Å². The van der Waals surface area contributed by atoms with Gasteiger partial charge in [-0.25, -0.2) is 17.2 Å². The van der Waals surface area contributed by atoms with Crippen LogP contribution >= 0.6 is 0 Å². The zero-order valence-electron chi connectivity index (χ0n) is 18.9. The van der Waals surface area contributed by atoms with Crippen LogP contribution in [-0.2, 0) is 15.4 Å². The molecule has 7 heteroatoms. The van der Waals surface area contributed by atoms with Gasteiger partial charge in [0.2, 0.25) is 10.0 Å². The van der Waals surface area contributed by atoms with Gasteiger partial charge in [-0.2, -0.15) is 9.57 Å². The number of benzene rings is 3. The van der Waals surface area contributed by atoms with E-state index in [-0.39, 0.29) is 17.4 Å². The molecule has 34 heavy (non-hydrogen) atoms. The molecule has 1 saturated heterocycles. The fourth-order valence-corrected chi connectivity index (χ4v) is 6.30. The molecule has 1 atom stereocenters. The van der Waals surface area contributed by atoms with Gasteiger partial charge in [0.05, 0.1) is 11.0 Å². The van der Waals surface area contributed by atoms with Crippen LogP contribution in [0.3, 0.4) is 0 Å². The predicted molar refractivity (Wildman–Crippen MR) is 126 cm³/mol. The Balaban J connectivity index is 1.67. The van der Waals surface area contributed by atoms with Gasteiger partial charge in [0, 0.05) is 13.1 Å². The second kappa shape index (κ2) is 9.65. The molecule has 3 aromatic carbocycles. The third-order valence-electron chi connectivity index (χ3n) is 6.60. The Morgan fingerprint density at radius 2 is 1.47 bits per heavy atom. The lowest BCUT2D eigenvalue weighted by Gasteiger charge is -2.37. The van der Waals surface area contributed by atoms with Gasteiger partial charge in [-0.15, -0.1) is 0 Å². The summed E-state index contributed by atoms with van der Waals surface area (Å²) in [5.74, 6) is -0.936. The SMILES string of the molecule is Cc1ccc(S(=O)(=O)N2CCCC(CC(C#N)(c3ccc(F)cc3)c3ccc(F)cc3)C2)cc1. The Bertz CT molecular complexity index is 1240. The molecule has 176 valence electrons. The largest absolute Gasteiger partial charge is 0.243 e. The van der Waals surface area contributed by atoms with E-state index >= 15 is 0 Å². The molecule has 3 aromatic rings. The van der Waals surface area contributed by atoms with Crippen LogP contribution in [0.1, 0.15) is 36.0 Å². The molecule has 4 rings (SSSR count). The maximum atomic E-state index is 13.7. The summed E-state index contributed by atoms with van der Waals surface area (Å²) in [7, 11) is -3.66. The highest BCUT2D eigenvalue weighted by atomic mass is 32.2. The molecule has 4 nitrogen and oxygen atoms in total. The van der Waals surface area contributed by atoms with Gasteiger partial charge in [-0.1, -0.05) is 42.0 Å². The van der Waals surface area contributed by atoms with Crippen molar-refractivity contribution in [1.82, 2.24) is 4.31 Å². The molecule has 1 aliphatic rings. The number of aryl methyl sites for hydroxylation is 1. The molecule has 0 spiro atoms. The molecule has 0 N–H and O–H groups in total. The van der Waals surface area contributed by atoms with Crippen molar-refractivity contribution in [3.63, 3.8) is 0 Å². The van der Waals surface area contributed by atoms with Crippen molar-refractivity contribution >= 4 is 10.0 Å². The molecule has 1 aliphatic heterocycles. The van der Waals surface area contributed by atoms with Crippen molar-refractivity contribution in [1.29, 1.82) is 5.26 Å². The predicted octanol–water partition coefficient (Wildman–Crippen LogP) is 5.57.